The van der Waals surface area contributed by atoms with Gasteiger partial charge in [-0.25, -0.2) is 5.10 Å². The van der Waals surface area contributed by atoms with Crippen LogP contribution in [0.15, 0.2) is 84.9 Å². The Kier molecular flexibility index (Phi) is 6.48. The lowest BCUT2D eigenvalue weighted by molar-refractivity contribution is 0.253. The number of hydrogen-bond donors (Lipinski definition) is 1. The minimum absolute atomic E-state index is 0.415. The zero-order valence-electron chi connectivity index (χ0n) is 19.6. The summed E-state index contributed by atoms with van der Waals surface area (Å²) < 4.78 is 12.3. The molecule has 7 heteroatoms. The Hall–Kier alpha value is -4.52. The Labute approximate surface area is 203 Å². The molecule has 5 rings (SSSR count). The van der Waals surface area contributed by atoms with Crippen LogP contribution < -0.4 is 9.47 Å². The lowest BCUT2D eigenvalue weighted by Gasteiger charge is -2.16. The standard InChI is InChI=1S/C28H25N5O2/c1-19-16-26(27(20(2)29-19)35-18-21-8-4-3-5-9-21)34-17-22-12-14-23(15-13-22)24-10-6-7-11-25(24)28-30-32-33-31-28/h3-16H,17-18H2,1-2H3,(H,30,31,32,33). The van der Waals surface area contributed by atoms with Gasteiger partial charge in [-0.05, 0) is 46.5 Å². The van der Waals surface area contributed by atoms with Crippen molar-refractivity contribution in [3.8, 4) is 34.0 Å². The van der Waals surface area contributed by atoms with Gasteiger partial charge in [-0.15, -0.1) is 5.10 Å². The molecule has 5 aromatic rings. The molecule has 0 saturated heterocycles. The molecule has 0 aliphatic carbocycles. The van der Waals surface area contributed by atoms with E-state index < -0.39 is 0 Å². The van der Waals surface area contributed by atoms with Gasteiger partial charge in [-0.1, -0.05) is 78.9 Å². The fraction of sp³-hybridized carbons (Fsp3) is 0.143. The maximum Gasteiger partial charge on any atom is 0.182 e. The number of H-pyrrole nitrogens is 1. The first kappa shape index (κ1) is 22.3. The normalized spacial score (nSPS) is 10.8. The molecule has 0 unspecified atom stereocenters. The van der Waals surface area contributed by atoms with Crippen LogP contribution in [0.4, 0.5) is 0 Å². The molecule has 0 saturated carbocycles. The van der Waals surface area contributed by atoms with Crippen molar-refractivity contribution in [2.45, 2.75) is 27.1 Å². The molecule has 0 aliphatic rings. The molecular formula is C28H25N5O2. The topological polar surface area (TPSA) is 85.8 Å². The summed E-state index contributed by atoms with van der Waals surface area (Å²) in [5, 5.41) is 14.3. The summed E-state index contributed by atoms with van der Waals surface area (Å²) >= 11 is 0. The Morgan fingerprint density at radius 1 is 0.743 bits per heavy atom. The van der Waals surface area contributed by atoms with Crippen LogP contribution in [0.1, 0.15) is 22.5 Å². The molecule has 3 aromatic carbocycles. The predicted octanol–water partition coefficient (Wildman–Crippen LogP) is 5.70. The van der Waals surface area contributed by atoms with Gasteiger partial charge in [0.05, 0.1) is 5.69 Å². The van der Waals surface area contributed by atoms with Gasteiger partial charge in [0.2, 0.25) is 0 Å². The second-order valence-corrected chi connectivity index (χ2v) is 8.23. The highest BCUT2D eigenvalue weighted by molar-refractivity contribution is 5.80. The Balaban J connectivity index is 1.32. The van der Waals surface area contributed by atoms with Crippen LogP contribution in [0.2, 0.25) is 0 Å². The van der Waals surface area contributed by atoms with Gasteiger partial charge in [0.25, 0.3) is 0 Å². The monoisotopic (exact) mass is 463 g/mol. The van der Waals surface area contributed by atoms with Crippen molar-refractivity contribution in [3.05, 3.63) is 107 Å². The van der Waals surface area contributed by atoms with E-state index in [4.69, 9.17) is 9.47 Å². The van der Waals surface area contributed by atoms with E-state index in [0.29, 0.717) is 30.5 Å². The third-order valence-electron chi connectivity index (χ3n) is 5.65. The number of rotatable bonds is 8. The van der Waals surface area contributed by atoms with Gasteiger partial charge < -0.3 is 9.47 Å². The third-order valence-corrected chi connectivity index (χ3v) is 5.65. The zero-order chi connectivity index (χ0) is 24.0. The van der Waals surface area contributed by atoms with E-state index in [1.807, 2.05) is 68.4 Å². The average Bonchev–Trinajstić information content (AvgIpc) is 3.43. The molecule has 0 atom stereocenters. The molecule has 0 bridgehead atoms. The van der Waals surface area contributed by atoms with Crippen LogP contribution in [-0.2, 0) is 13.2 Å². The van der Waals surface area contributed by atoms with Crippen LogP contribution in [0, 0.1) is 13.8 Å². The van der Waals surface area contributed by atoms with E-state index in [1.165, 1.54) is 0 Å². The number of aromatic nitrogens is 5. The lowest BCUT2D eigenvalue weighted by Crippen LogP contribution is -2.04. The van der Waals surface area contributed by atoms with E-state index in [1.54, 1.807) is 0 Å². The molecule has 2 aromatic heterocycles. The summed E-state index contributed by atoms with van der Waals surface area (Å²) in [6, 6.07) is 28.3. The number of nitrogens with zero attached hydrogens (tertiary/aromatic N) is 4. The number of aryl methyl sites for hydroxylation is 2. The van der Waals surface area contributed by atoms with Gasteiger partial charge in [0.1, 0.15) is 13.2 Å². The SMILES string of the molecule is Cc1cc(OCc2ccc(-c3ccccc3-c3nnn[nH]3)cc2)c(OCc2ccccc2)c(C)n1. The highest BCUT2D eigenvalue weighted by Crippen LogP contribution is 2.33. The Bertz CT molecular complexity index is 1400. The van der Waals surface area contributed by atoms with Crippen molar-refractivity contribution in [2.75, 3.05) is 0 Å². The molecule has 0 radical (unpaired) electrons. The fourth-order valence-electron chi connectivity index (χ4n) is 3.95. The van der Waals surface area contributed by atoms with E-state index in [-0.39, 0.29) is 0 Å². The summed E-state index contributed by atoms with van der Waals surface area (Å²) in [5.74, 6) is 2.00. The molecular weight excluding hydrogens is 438 g/mol. The molecule has 0 aliphatic heterocycles. The third kappa shape index (κ3) is 5.19. The smallest absolute Gasteiger partial charge is 0.182 e. The van der Waals surface area contributed by atoms with Gasteiger partial charge in [-0.3, -0.25) is 4.98 Å². The summed E-state index contributed by atoms with van der Waals surface area (Å²) in [6.45, 7) is 4.77. The second kappa shape index (κ2) is 10.2. The molecule has 0 fully saturated rings. The minimum atomic E-state index is 0.415. The van der Waals surface area contributed by atoms with Crippen molar-refractivity contribution in [2.24, 2.45) is 0 Å². The van der Waals surface area contributed by atoms with Crippen molar-refractivity contribution >= 4 is 0 Å². The first-order valence-corrected chi connectivity index (χ1v) is 11.4. The molecule has 1 N–H and O–H groups in total. The lowest BCUT2D eigenvalue weighted by atomic mass is 9.98. The summed E-state index contributed by atoms with van der Waals surface area (Å²) in [7, 11) is 0. The first-order valence-electron chi connectivity index (χ1n) is 11.4. The van der Waals surface area contributed by atoms with E-state index in [0.717, 1.165) is 39.2 Å². The van der Waals surface area contributed by atoms with Crippen LogP contribution in [0.3, 0.4) is 0 Å². The van der Waals surface area contributed by atoms with Crippen molar-refractivity contribution in [1.29, 1.82) is 0 Å². The number of hydrogen-bond acceptors (Lipinski definition) is 6. The number of pyridine rings is 1. The van der Waals surface area contributed by atoms with Gasteiger partial charge in [0.15, 0.2) is 17.3 Å². The molecule has 0 spiro atoms. The van der Waals surface area contributed by atoms with Crippen LogP contribution in [0.25, 0.3) is 22.5 Å². The molecule has 35 heavy (non-hydrogen) atoms. The average molecular weight is 464 g/mol. The predicted molar refractivity (Wildman–Crippen MR) is 134 cm³/mol. The summed E-state index contributed by atoms with van der Waals surface area (Å²) in [6.07, 6.45) is 0. The number of aromatic amines is 1. The van der Waals surface area contributed by atoms with Crippen molar-refractivity contribution < 1.29 is 9.47 Å². The summed E-state index contributed by atoms with van der Waals surface area (Å²) in [4.78, 5) is 4.55. The van der Waals surface area contributed by atoms with Crippen LogP contribution in [0.5, 0.6) is 11.5 Å². The maximum atomic E-state index is 6.20. The second-order valence-electron chi connectivity index (χ2n) is 8.23. The minimum Gasteiger partial charge on any atom is -0.485 e. The highest BCUT2D eigenvalue weighted by atomic mass is 16.5. The zero-order valence-corrected chi connectivity index (χ0v) is 19.6. The quantitative estimate of drug-likeness (QED) is 0.318. The van der Waals surface area contributed by atoms with Crippen LogP contribution in [-0.4, -0.2) is 25.6 Å². The van der Waals surface area contributed by atoms with E-state index in [9.17, 15) is 0 Å². The van der Waals surface area contributed by atoms with Crippen molar-refractivity contribution in [1.82, 2.24) is 25.6 Å². The Morgan fingerprint density at radius 3 is 2.17 bits per heavy atom. The number of tetrazole rings is 1. The van der Waals surface area contributed by atoms with E-state index >= 15 is 0 Å². The van der Waals surface area contributed by atoms with Crippen LogP contribution >= 0.6 is 0 Å². The Morgan fingerprint density at radius 2 is 1.43 bits per heavy atom. The molecule has 174 valence electrons. The van der Waals surface area contributed by atoms with E-state index in [2.05, 4.69) is 55.9 Å². The summed E-state index contributed by atoms with van der Waals surface area (Å²) in [5.41, 5.74) is 6.91. The van der Waals surface area contributed by atoms with Gasteiger partial charge in [-0.2, -0.15) is 0 Å². The number of benzene rings is 3. The largest absolute Gasteiger partial charge is 0.485 e. The molecule has 7 nitrogen and oxygen atoms in total. The number of ether oxygens (including phenoxy) is 2. The fourth-order valence-corrected chi connectivity index (χ4v) is 3.95. The van der Waals surface area contributed by atoms with Gasteiger partial charge >= 0.3 is 0 Å². The first-order chi connectivity index (χ1) is 17.2. The highest BCUT2D eigenvalue weighted by Gasteiger charge is 2.13. The molecule has 0 amide bonds. The maximum absolute atomic E-state index is 6.20. The number of nitrogens with one attached hydrogen (secondary N) is 1. The molecule has 2 heterocycles. The van der Waals surface area contributed by atoms with Gasteiger partial charge in [0, 0.05) is 17.3 Å². The van der Waals surface area contributed by atoms with Crippen molar-refractivity contribution in [3.63, 3.8) is 0 Å².